The first kappa shape index (κ1) is 15.9. The molecule has 2 aromatic rings. The second-order valence-electron chi connectivity index (χ2n) is 4.72. The first-order valence-electron chi connectivity index (χ1n) is 6.85. The summed E-state index contributed by atoms with van der Waals surface area (Å²) in [6.07, 6.45) is 0.275. The number of aromatic nitrogens is 2. The Hall–Kier alpha value is -1.53. The van der Waals surface area contributed by atoms with Crippen molar-refractivity contribution >= 4 is 11.8 Å². The predicted octanol–water partition coefficient (Wildman–Crippen LogP) is 3.40. The molecule has 1 heterocycles. The summed E-state index contributed by atoms with van der Waals surface area (Å²) in [5.74, 6) is 3.69. The van der Waals surface area contributed by atoms with Crippen molar-refractivity contribution in [2.45, 2.75) is 25.7 Å². The minimum absolute atomic E-state index is 0.275. The van der Waals surface area contributed by atoms with Crippen LogP contribution in [0, 0.1) is 0 Å². The summed E-state index contributed by atoms with van der Waals surface area (Å²) >= 11 is 1.73. The van der Waals surface area contributed by atoms with Crippen LogP contribution < -0.4 is 4.74 Å². The maximum atomic E-state index is 5.48. The van der Waals surface area contributed by atoms with Gasteiger partial charge in [0.1, 0.15) is 5.75 Å². The molecule has 6 heteroatoms. The van der Waals surface area contributed by atoms with Crippen LogP contribution in [0.25, 0.3) is 11.5 Å². The lowest BCUT2D eigenvalue weighted by molar-refractivity contribution is 0.0920. The van der Waals surface area contributed by atoms with E-state index < -0.39 is 0 Å². The molecule has 0 fully saturated rings. The van der Waals surface area contributed by atoms with Crippen LogP contribution in [-0.4, -0.2) is 35.7 Å². The molecule has 0 saturated carbocycles. The van der Waals surface area contributed by atoms with Gasteiger partial charge in [0.25, 0.3) is 5.89 Å². The minimum Gasteiger partial charge on any atom is -0.497 e. The van der Waals surface area contributed by atoms with Crippen LogP contribution in [0.4, 0.5) is 0 Å². The maximum absolute atomic E-state index is 5.48. The fourth-order valence-corrected chi connectivity index (χ4v) is 2.33. The zero-order valence-electron chi connectivity index (χ0n) is 12.5. The summed E-state index contributed by atoms with van der Waals surface area (Å²) in [6.45, 7) is 4.81. The van der Waals surface area contributed by atoms with Gasteiger partial charge in [-0.3, -0.25) is 0 Å². The number of methoxy groups -OCH3 is 1. The Labute approximate surface area is 129 Å². The van der Waals surface area contributed by atoms with Gasteiger partial charge in [-0.25, -0.2) is 0 Å². The van der Waals surface area contributed by atoms with E-state index in [1.54, 1.807) is 18.9 Å². The van der Waals surface area contributed by atoms with Gasteiger partial charge in [-0.15, -0.1) is 0 Å². The van der Waals surface area contributed by atoms with Crippen LogP contribution in [0.5, 0.6) is 5.75 Å². The molecule has 0 bridgehead atoms. The van der Waals surface area contributed by atoms with Crippen LogP contribution in [0.2, 0.25) is 0 Å². The first-order valence-corrected chi connectivity index (χ1v) is 8.01. The third-order valence-corrected chi connectivity index (χ3v) is 3.63. The van der Waals surface area contributed by atoms with Gasteiger partial charge in [0.2, 0.25) is 0 Å². The van der Waals surface area contributed by atoms with Crippen molar-refractivity contribution in [3.63, 3.8) is 0 Å². The average molecular weight is 308 g/mol. The Morgan fingerprint density at radius 1 is 1.24 bits per heavy atom. The van der Waals surface area contributed by atoms with Crippen molar-refractivity contribution in [2.24, 2.45) is 0 Å². The van der Waals surface area contributed by atoms with Crippen molar-refractivity contribution in [1.82, 2.24) is 10.1 Å². The maximum Gasteiger partial charge on any atom is 0.257 e. The van der Waals surface area contributed by atoms with E-state index >= 15 is 0 Å². The zero-order chi connectivity index (χ0) is 15.1. The van der Waals surface area contributed by atoms with Crippen LogP contribution in [-0.2, 0) is 10.5 Å². The van der Waals surface area contributed by atoms with E-state index in [9.17, 15) is 0 Å². The molecule has 1 aromatic carbocycles. The third kappa shape index (κ3) is 5.06. The fraction of sp³-hybridized carbons (Fsp3) is 0.467. The third-order valence-electron chi connectivity index (χ3n) is 2.72. The number of rotatable bonds is 8. The normalized spacial score (nSPS) is 11.0. The Morgan fingerprint density at radius 2 is 2.00 bits per heavy atom. The second-order valence-corrected chi connectivity index (χ2v) is 5.82. The lowest BCUT2D eigenvalue weighted by Gasteiger charge is -2.05. The van der Waals surface area contributed by atoms with Crippen LogP contribution in [0.15, 0.2) is 28.8 Å². The van der Waals surface area contributed by atoms with Crippen molar-refractivity contribution in [3.8, 4) is 17.2 Å². The highest BCUT2D eigenvalue weighted by molar-refractivity contribution is 7.98. The topological polar surface area (TPSA) is 57.4 Å². The molecule has 0 spiro atoms. The van der Waals surface area contributed by atoms with E-state index in [-0.39, 0.29) is 6.10 Å². The number of hydrogen-bond donors (Lipinski definition) is 0. The highest BCUT2D eigenvalue weighted by Gasteiger charge is 2.09. The molecule has 0 aliphatic heterocycles. The SMILES string of the molecule is COc1ccc(-c2nc(CSCCOC(C)C)no2)cc1. The molecular weight excluding hydrogens is 288 g/mol. The van der Waals surface area contributed by atoms with Crippen molar-refractivity contribution in [1.29, 1.82) is 0 Å². The van der Waals surface area contributed by atoms with Gasteiger partial charge in [0.15, 0.2) is 5.82 Å². The van der Waals surface area contributed by atoms with Crippen LogP contribution >= 0.6 is 11.8 Å². The first-order chi connectivity index (χ1) is 10.2. The molecule has 0 saturated heterocycles. The molecule has 2 rings (SSSR count). The largest absolute Gasteiger partial charge is 0.497 e. The second kappa shape index (κ2) is 8.05. The molecule has 0 atom stereocenters. The number of nitrogens with zero attached hydrogens (tertiary/aromatic N) is 2. The molecule has 0 aliphatic carbocycles. The molecule has 0 N–H and O–H groups in total. The number of benzene rings is 1. The van der Waals surface area contributed by atoms with E-state index in [2.05, 4.69) is 10.1 Å². The molecule has 5 nitrogen and oxygen atoms in total. The Bertz CT molecular complexity index is 540. The van der Waals surface area contributed by atoms with E-state index in [0.717, 1.165) is 29.4 Å². The smallest absolute Gasteiger partial charge is 0.257 e. The molecule has 1 aromatic heterocycles. The van der Waals surface area contributed by atoms with Gasteiger partial charge < -0.3 is 14.0 Å². The number of ether oxygens (including phenoxy) is 2. The molecule has 114 valence electrons. The van der Waals surface area contributed by atoms with Crippen molar-refractivity contribution in [2.75, 3.05) is 19.5 Å². The monoisotopic (exact) mass is 308 g/mol. The number of thioether (sulfide) groups is 1. The summed E-state index contributed by atoms with van der Waals surface area (Å²) < 4.78 is 15.9. The quantitative estimate of drug-likeness (QED) is 0.697. The lowest BCUT2D eigenvalue weighted by Crippen LogP contribution is -2.05. The van der Waals surface area contributed by atoms with Gasteiger partial charge in [-0.2, -0.15) is 16.7 Å². The average Bonchev–Trinajstić information content (AvgIpc) is 2.95. The lowest BCUT2D eigenvalue weighted by atomic mass is 10.2. The van der Waals surface area contributed by atoms with E-state index in [4.69, 9.17) is 14.0 Å². The molecule has 0 aliphatic rings. The van der Waals surface area contributed by atoms with Crippen molar-refractivity contribution < 1.29 is 14.0 Å². The standard InChI is InChI=1S/C15H20N2O3S/c1-11(2)19-8-9-21-10-14-16-15(20-17-14)12-4-6-13(18-3)7-5-12/h4-7,11H,8-10H2,1-3H3. The Balaban J connectivity index is 1.83. The molecule has 0 amide bonds. The van der Waals surface area contributed by atoms with Gasteiger partial charge in [-0.05, 0) is 38.1 Å². The molecule has 21 heavy (non-hydrogen) atoms. The zero-order valence-corrected chi connectivity index (χ0v) is 13.4. The van der Waals surface area contributed by atoms with Crippen LogP contribution in [0.3, 0.4) is 0 Å². The van der Waals surface area contributed by atoms with E-state index in [0.29, 0.717) is 11.7 Å². The highest BCUT2D eigenvalue weighted by atomic mass is 32.2. The fourth-order valence-electron chi connectivity index (χ4n) is 1.67. The van der Waals surface area contributed by atoms with Gasteiger partial charge >= 0.3 is 0 Å². The van der Waals surface area contributed by atoms with E-state index in [1.807, 2.05) is 38.1 Å². The van der Waals surface area contributed by atoms with Gasteiger partial charge in [-0.1, -0.05) is 5.16 Å². The van der Waals surface area contributed by atoms with Crippen molar-refractivity contribution in [3.05, 3.63) is 30.1 Å². The van der Waals surface area contributed by atoms with E-state index in [1.165, 1.54) is 0 Å². The van der Waals surface area contributed by atoms with Crippen LogP contribution in [0.1, 0.15) is 19.7 Å². The Morgan fingerprint density at radius 3 is 2.67 bits per heavy atom. The molecule has 0 radical (unpaired) electrons. The Kier molecular flexibility index (Phi) is 6.07. The van der Waals surface area contributed by atoms with Gasteiger partial charge in [0.05, 0.1) is 25.6 Å². The predicted molar refractivity (Wildman–Crippen MR) is 83.5 cm³/mol. The summed E-state index contributed by atoms with van der Waals surface area (Å²) in [5, 5.41) is 3.99. The van der Waals surface area contributed by atoms with Gasteiger partial charge in [0, 0.05) is 11.3 Å². The minimum atomic E-state index is 0.275. The summed E-state index contributed by atoms with van der Waals surface area (Å²) in [7, 11) is 1.64. The molecule has 0 unspecified atom stereocenters. The summed E-state index contributed by atoms with van der Waals surface area (Å²) in [6, 6.07) is 7.55. The highest BCUT2D eigenvalue weighted by Crippen LogP contribution is 2.21. The summed E-state index contributed by atoms with van der Waals surface area (Å²) in [4.78, 5) is 4.39. The molecular formula is C15H20N2O3S. The number of hydrogen-bond acceptors (Lipinski definition) is 6. The summed E-state index contributed by atoms with van der Waals surface area (Å²) in [5.41, 5.74) is 0.891.